The first-order chi connectivity index (χ1) is 8.60. The number of rotatable bonds is 11. The summed E-state index contributed by atoms with van der Waals surface area (Å²) in [7, 11) is -0.857. The van der Waals surface area contributed by atoms with Gasteiger partial charge >= 0.3 is 0 Å². The molecule has 0 bridgehead atoms. The molecule has 0 atom stereocenters. The summed E-state index contributed by atoms with van der Waals surface area (Å²) < 4.78 is 0. The van der Waals surface area contributed by atoms with Crippen molar-refractivity contribution in [3.05, 3.63) is 0 Å². The molecule has 0 saturated heterocycles. The first-order valence-electron chi connectivity index (χ1n) is 7.58. The van der Waals surface area contributed by atoms with E-state index in [2.05, 4.69) is 20.8 Å². The first-order valence-corrected chi connectivity index (χ1v) is 11.1. The van der Waals surface area contributed by atoms with Crippen LogP contribution < -0.4 is 0 Å². The topological polar surface area (TPSA) is 17.1 Å². The van der Waals surface area contributed by atoms with Crippen LogP contribution in [0, 0.1) is 0 Å². The molecular weight excluding hydrogens is 259 g/mol. The normalized spacial score (nSPS) is 11.8. The molecule has 0 unspecified atom stereocenters. The van der Waals surface area contributed by atoms with Gasteiger partial charge in [-0.05, 0) is 31.0 Å². The molecule has 0 aliphatic heterocycles. The average Bonchev–Trinajstić information content (AvgIpc) is 2.37. The molecule has 0 aliphatic carbocycles. The second-order valence-electron chi connectivity index (χ2n) is 5.34. The van der Waals surface area contributed by atoms with Gasteiger partial charge in [-0.3, -0.25) is 4.79 Å². The quantitative estimate of drug-likeness (QED) is 0.458. The summed E-state index contributed by atoms with van der Waals surface area (Å²) in [5.41, 5.74) is 1.16. The lowest BCUT2D eigenvalue weighted by Gasteiger charge is -2.27. The maximum atomic E-state index is 11.3. The van der Waals surface area contributed by atoms with Gasteiger partial charge in [-0.2, -0.15) is 0 Å². The van der Waals surface area contributed by atoms with Gasteiger partial charge in [0.2, 0.25) is 0 Å². The van der Waals surface area contributed by atoms with Crippen molar-refractivity contribution < 1.29 is 4.79 Å². The highest BCUT2D eigenvalue weighted by molar-refractivity contribution is 8.18. The minimum Gasteiger partial charge on any atom is -0.287 e. The van der Waals surface area contributed by atoms with E-state index in [9.17, 15) is 4.79 Å². The molecule has 0 aliphatic rings. The van der Waals surface area contributed by atoms with Crippen molar-refractivity contribution in [1.82, 2.24) is 0 Å². The van der Waals surface area contributed by atoms with Gasteiger partial charge in [0.25, 0.3) is 0 Å². The molecule has 0 aromatic heterocycles. The van der Waals surface area contributed by atoms with E-state index in [1.54, 1.807) is 18.7 Å². The van der Waals surface area contributed by atoms with Crippen LogP contribution >= 0.6 is 19.0 Å². The van der Waals surface area contributed by atoms with E-state index >= 15 is 0 Å². The van der Waals surface area contributed by atoms with E-state index in [1.807, 2.05) is 0 Å². The van der Waals surface area contributed by atoms with Gasteiger partial charge in [0, 0.05) is 14.2 Å². The Morgan fingerprint density at radius 3 is 1.56 bits per heavy atom. The average molecular weight is 291 g/mol. The number of hydrogen-bond acceptors (Lipinski definition) is 2. The summed E-state index contributed by atoms with van der Waals surface area (Å²) in [6.07, 6.45) is 12.2. The lowest BCUT2D eigenvalue weighted by molar-refractivity contribution is -0.109. The number of thioether (sulfide) groups is 1. The Morgan fingerprint density at radius 1 is 0.889 bits per heavy atom. The SMILES string of the molecule is CCCC[P+](CCCC)(CCCC)CSC(C)=O. The van der Waals surface area contributed by atoms with Crippen LogP contribution in [0.1, 0.15) is 66.2 Å². The molecule has 0 heterocycles. The van der Waals surface area contributed by atoms with Crippen LogP contribution in [0.4, 0.5) is 0 Å². The zero-order chi connectivity index (χ0) is 13.9. The second-order valence-corrected chi connectivity index (χ2v) is 11.3. The van der Waals surface area contributed by atoms with Crippen molar-refractivity contribution >= 4 is 24.1 Å². The van der Waals surface area contributed by atoms with E-state index in [0.717, 1.165) is 5.49 Å². The lowest BCUT2D eigenvalue weighted by Crippen LogP contribution is -2.12. The third-order valence-corrected chi connectivity index (χ3v) is 10.4. The van der Waals surface area contributed by atoms with Gasteiger partial charge in [-0.25, -0.2) is 0 Å². The fourth-order valence-electron chi connectivity index (χ4n) is 2.24. The summed E-state index contributed by atoms with van der Waals surface area (Å²) in [6, 6.07) is 0. The Labute approximate surface area is 119 Å². The molecule has 0 spiro atoms. The van der Waals surface area contributed by atoms with E-state index in [1.165, 1.54) is 57.0 Å². The van der Waals surface area contributed by atoms with E-state index < -0.39 is 7.26 Å². The smallest absolute Gasteiger partial charge is 0.189 e. The molecule has 108 valence electrons. The van der Waals surface area contributed by atoms with Crippen LogP contribution in [0.25, 0.3) is 0 Å². The van der Waals surface area contributed by atoms with Crippen LogP contribution in [0.15, 0.2) is 0 Å². The van der Waals surface area contributed by atoms with Crippen molar-refractivity contribution in [3.63, 3.8) is 0 Å². The van der Waals surface area contributed by atoms with Crippen LogP contribution in [0.2, 0.25) is 0 Å². The molecule has 0 N–H and O–H groups in total. The molecule has 18 heavy (non-hydrogen) atoms. The monoisotopic (exact) mass is 291 g/mol. The van der Waals surface area contributed by atoms with Crippen molar-refractivity contribution in [1.29, 1.82) is 0 Å². The lowest BCUT2D eigenvalue weighted by atomic mass is 10.4. The molecule has 0 radical (unpaired) electrons. The van der Waals surface area contributed by atoms with Crippen molar-refractivity contribution in [2.75, 3.05) is 24.0 Å². The molecule has 0 fully saturated rings. The summed E-state index contributed by atoms with van der Waals surface area (Å²) in [5, 5.41) is 0.309. The molecular formula is C15H32OPS+. The number of carbonyl (C=O) groups is 1. The highest BCUT2D eigenvalue weighted by atomic mass is 32.2. The van der Waals surface area contributed by atoms with Gasteiger partial charge in [0.1, 0.15) is 5.49 Å². The Kier molecular flexibility index (Phi) is 11.6. The molecule has 0 rings (SSSR count). The van der Waals surface area contributed by atoms with E-state index in [-0.39, 0.29) is 0 Å². The minimum atomic E-state index is -0.857. The highest BCUT2D eigenvalue weighted by Crippen LogP contribution is 2.62. The van der Waals surface area contributed by atoms with E-state index in [0.29, 0.717) is 5.12 Å². The van der Waals surface area contributed by atoms with Gasteiger partial charge in [0.15, 0.2) is 5.12 Å². The number of hydrogen-bond donors (Lipinski definition) is 0. The predicted octanol–water partition coefficient (Wildman–Crippen LogP) is 5.64. The zero-order valence-electron chi connectivity index (χ0n) is 12.8. The number of unbranched alkanes of at least 4 members (excludes halogenated alkanes) is 3. The summed E-state index contributed by atoms with van der Waals surface area (Å²) in [6.45, 7) is 8.57. The van der Waals surface area contributed by atoms with Crippen LogP contribution in [0.5, 0.6) is 0 Å². The Bertz CT molecular complexity index is 197. The number of carbonyl (C=O) groups excluding carboxylic acids is 1. The van der Waals surface area contributed by atoms with Crippen LogP contribution in [-0.2, 0) is 4.79 Å². The van der Waals surface area contributed by atoms with Gasteiger partial charge in [-0.1, -0.05) is 40.0 Å². The fraction of sp³-hybridized carbons (Fsp3) is 0.933. The summed E-state index contributed by atoms with van der Waals surface area (Å²) >= 11 is 1.60. The molecule has 0 aromatic carbocycles. The Balaban J connectivity index is 4.55. The molecule has 0 amide bonds. The molecule has 0 saturated carbocycles. The fourth-order valence-corrected chi connectivity index (χ4v) is 9.24. The zero-order valence-corrected chi connectivity index (χ0v) is 14.5. The maximum Gasteiger partial charge on any atom is 0.189 e. The van der Waals surface area contributed by atoms with Gasteiger partial charge in [0.05, 0.1) is 18.5 Å². The third kappa shape index (κ3) is 8.53. The predicted molar refractivity (Wildman–Crippen MR) is 89.4 cm³/mol. The Morgan fingerprint density at radius 2 is 1.28 bits per heavy atom. The molecule has 1 nitrogen and oxygen atoms in total. The molecule has 0 aromatic rings. The third-order valence-electron chi connectivity index (χ3n) is 3.50. The molecule has 3 heteroatoms. The van der Waals surface area contributed by atoms with Gasteiger partial charge < -0.3 is 0 Å². The van der Waals surface area contributed by atoms with Crippen molar-refractivity contribution in [2.24, 2.45) is 0 Å². The minimum absolute atomic E-state index is 0.309. The highest BCUT2D eigenvalue weighted by Gasteiger charge is 2.35. The van der Waals surface area contributed by atoms with E-state index in [4.69, 9.17) is 0 Å². The maximum absolute atomic E-state index is 11.3. The largest absolute Gasteiger partial charge is 0.287 e. The van der Waals surface area contributed by atoms with Crippen molar-refractivity contribution in [2.45, 2.75) is 66.2 Å². The van der Waals surface area contributed by atoms with Crippen molar-refractivity contribution in [3.8, 4) is 0 Å². The van der Waals surface area contributed by atoms with Crippen LogP contribution in [0.3, 0.4) is 0 Å². The summed E-state index contributed by atoms with van der Waals surface area (Å²) in [5.74, 6) is 0. The Hall–Kier alpha value is 0.450. The van der Waals surface area contributed by atoms with Gasteiger partial charge in [-0.15, -0.1) is 0 Å². The van der Waals surface area contributed by atoms with Crippen LogP contribution in [-0.4, -0.2) is 29.1 Å². The second kappa shape index (κ2) is 11.3. The summed E-state index contributed by atoms with van der Waals surface area (Å²) in [4.78, 5) is 11.3. The first kappa shape index (κ1) is 18.4. The standard InChI is InChI=1S/C15H32OPS/c1-5-8-11-17(12-9-6-2,13-10-7-3)14-18-15(4)16/h5-14H2,1-4H3/q+1.